The van der Waals surface area contributed by atoms with Crippen molar-refractivity contribution >= 4 is 46.9 Å². The summed E-state index contributed by atoms with van der Waals surface area (Å²) in [6.07, 6.45) is -0.779. The van der Waals surface area contributed by atoms with Gasteiger partial charge in [0.05, 0.1) is 5.69 Å². The number of esters is 1. The molecule has 1 unspecified atom stereocenters. The Morgan fingerprint density at radius 1 is 0.950 bits per heavy atom. The first-order valence-corrected chi connectivity index (χ1v) is 13.1. The van der Waals surface area contributed by atoms with E-state index in [0.29, 0.717) is 58.0 Å². The van der Waals surface area contributed by atoms with Crippen LogP contribution >= 0.6 is 11.6 Å². The van der Waals surface area contributed by atoms with Crippen LogP contribution in [0, 0.1) is 13.8 Å². The lowest BCUT2D eigenvalue weighted by atomic mass is 10.0. The number of carbonyl (C=O) groups is 4. The van der Waals surface area contributed by atoms with Gasteiger partial charge in [-0.1, -0.05) is 29.8 Å². The number of amides is 2. The monoisotopic (exact) mass is 564 g/mol. The predicted molar refractivity (Wildman–Crippen MR) is 150 cm³/mol. The quantitative estimate of drug-likeness (QED) is 0.274. The normalized spacial score (nSPS) is 14.4. The molecular formula is C30H29ClN2O7. The molecule has 0 radical (unpaired) electrons. The molecular weight excluding hydrogens is 536 g/mol. The van der Waals surface area contributed by atoms with Gasteiger partial charge in [-0.15, -0.1) is 0 Å². The molecule has 1 aliphatic rings. The summed E-state index contributed by atoms with van der Waals surface area (Å²) >= 11 is 6.27. The Kier molecular flexibility index (Phi) is 9.06. The first-order chi connectivity index (χ1) is 19.1. The first kappa shape index (κ1) is 28.6. The van der Waals surface area contributed by atoms with Crippen LogP contribution in [0.2, 0.25) is 5.02 Å². The average Bonchev–Trinajstić information content (AvgIpc) is 3.07. The highest BCUT2D eigenvalue weighted by molar-refractivity contribution is 6.30. The number of rotatable bonds is 6. The minimum absolute atomic E-state index is 0.229. The van der Waals surface area contributed by atoms with Crippen LogP contribution < -0.4 is 10.2 Å². The molecule has 1 aliphatic heterocycles. The van der Waals surface area contributed by atoms with Crippen molar-refractivity contribution in [3.05, 3.63) is 93.5 Å². The number of nitrogens with zero attached hydrogens (tertiary/aromatic N) is 1. The van der Waals surface area contributed by atoms with Gasteiger partial charge in [0, 0.05) is 40.9 Å². The van der Waals surface area contributed by atoms with E-state index in [-0.39, 0.29) is 11.8 Å². The SMILES string of the molecule is CC(=O)OCOC(=O)OC1CCCN(C(=O)c2ccc(NC(=O)c3ccccc3C)cc2C)c2ccc(Cl)cc21. The van der Waals surface area contributed by atoms with Crippen molar-refractivity contribution in [1.82, 2.24) is 0 Å². The third kappa shape index (κ3) is 6.79. The molecule has 0 spiro atoms. The summed E-state index contributed by atoms with van der Waals surface area (Å²) in [5.74, 6) is -1.06. The number of carbonyl (C=O) groups excluding carboxylic acids is 4. The van der Waals surface area contributed by atoms with Crippen LogP contribution in [0.4, 0.5) is 16.2 Å². The number of nitrogens with one attached hydrogen (secondary N) is 1. The molecule has 40 heavy (non-hydrogen) atoms. The number of halogens is 1. The van der Waals surface area contributed by atoms with Gasteiger partial charge < -0.3 is 24.4 Å². The van der Waals surface area contributed by atoms with Crippen LogP contribution in [0.3, 0.4) is 0 Å². The fourth-order valence-electron chi connectivity index (χ4n) is 4.54. The van der Waals surface area contributed by atoms with Gasteiger partial charge in [0.2, 0.25) is 6.79 Å². The van der Waals surface area contributed by atoms with Gasteiger partial charge in [-0.3, -0.25) is 14.4 Å². The minimum Gasteiger partial charge on any atom is -0.428 e. The molecule has 2 amide bonds. The standard InChI is InChI=1S/C30H29ClN2O7/c1-18-7-4-5-8-23(18)28(35)32-22-11-12-24(19(2)15-22)29(36)33-14-6-9-27(25-16-21(31)10-13-26(25)33)40-30(37)39-17-38-20(3)34/h4-5,7-8,10-13,15-16,27H,6,9,14,17H2,1-3H3,(H,32,35). The number of hydrogen-bond donors (Lipinski definition) is 1. The molecule has 1 atom stereocenters. The first-order valence-electron chi connectivity index (χ1n) is 12.7. The Hall–Kier alpha value is -4.37. The summed E-state index contributed by atoms with van der Waals surface area (Å²) in [6, 6.07) is 17.5. The van der Waals surface area contributed by atoms with Crippen molar-refractivity contribution in [3.8, 4) is 0 Å². The molecule has 0 aliphatic carbocycles. The maximum absolute atomic E-state index is 13.8. The summed E-state index contributed by atoms with van der Waals surface area (Å²) in [4.78, 5) is 51.3. The van der Waals surface area contributed by atoms with Crippen molar-refractivity contribution in [2.75, 3.05) is 23.6 Å². The van der Waals surface area contributed by atoms with Gasteiger partial charge >= 0.3 is 12.1 Å². The smallest absolute Gasteiger partial charge is 0.428 e. The van der Waals surface area contributed by atoms with E-state index >= 15 is 0 Å². The van der Waals surface area contributed by atoms with E-state index < -0.39 is 25.0 Å². The maximum Gasteiger partial charge on any atom is 0.511 e. The molecule has 1 N–H and O–H groups in total. The number of anilines is 2. The second kappa shape index (κ2) is 12.7. The van der Waals surface area contributed by atoms with Crippen molar-refractivity contribution in [2.45, 2.75) is 39.7 Å². The maximum atomic E-state index is 13.8. The van der Waals surface area contributed by atoms with Crippen LogP contribution in [0.15, 0.2) is 60.7 Å². The Labute approximate surface area is 237 Å². The third-order valence-electron chi connectivity index (χ3n) is 6.50. The number of benzene rings is 3. The number of hydrogen-bond acceptors (Lipinski definition) is 7. The van der Waals surface area contributed by atoms with Gasteiger partial charge in [-0.2, -0.15) is 0 Å². The second-order valence-corrected chi connectivity index (χ2v) is 9.79. The average molecular weight is 565 g/mol. The van der Waals surface area contributed by atoms with E-state index in [0.717, 1.165) is 5.56 Å². The summed E-state index contributed by atoms with van der Waals surface area (Å²) in [6.45, 7) is 4.69. The van der Waals surface area contributed by atoms with Gasteiger partial charge in [-0.25, -0.2) is 4.79 Å². The Morgan fingerprint density at radius 2 is 1.73 bits per heavy atom. The van der Waals surface area contributed by atoms with Crippen LogP contribution in [0.25, 0.3) is 0 Å². The molecule has 3 aromatic rings. The zero-order valence-corrected chi connectivity index (χ0v) is 23.1. The molecule has 10 heteroatoms. The van der Waals surface area contributed by atoms with Crippen molar-refractivity contribution in [2.24, 2.45) is 0 Å². The molecule has 4 rings (SSSR count). The van der Waals surface area contributed by atoms with Crippen LogP contribution in [-0.4, -0.2) is 37.3 Å². The summed E-state index contributed by atoms with van der Waals surface area (Å²) in [7, 11) is 0. The molecule has 0 fully saturated rings. The van der Waals surface area contributed by atoms with Gasteiger partial charge in [0.1, 0.15) is 6.10 Å². The highest BCUT2D eigenvalue weighted by Crippen LogP contribution is 2.38. The zero-order chi connectivity index (χ0) is 28.8. The molecule has 0 bridgehead atoms. The highest BCUT2D eigenvalue weighted by Gasteiger charge is 2.30. The highest BCUT2D eigenvalue weighted by atomic mass is 35.5. The summed E-state index contributed by atoms with van der Waals surface area (Å²) < 4.78 is 14.9. The van der Waals surface area contributed by atoms with Crippen molar-refractivity contribution in [1.29, 1.82) is 0 Å². The zero-order valence-electron chi connectivity index (χ0n) is 22.4. The van der Waals surface area contributed by atoms with E-state index in [2.05, 4.69) is 10.1 Å². The number of aryl methyl sites for hydroxylation is 2. The van der Waals surface area contributed by atoms with Crippen LogP contribution in [-0.2, 0) is 19.0 Å². The minimum atomic E-state index is -1.00. The largest absolute Gasteiger partial charge is 0.511 e. The Bertz CT molecular complexity index is 1460. The summed E-state index contributed by atoms with van der Waals surface area (Å²) in [5, 5.41) is 3.31. The lowest BCUT2D eigenvalue weighted by Gasteiger charge is -2.25. The lowest BCUT2D eigenvalue weighted by molar-refractivity contribution is -0.151. The van der Waals surface area contributed by atoms with Crippen LogP contribution in [0.1, 0.15) is 63.3 Å². The molecule has 208 valence electrons. The number of ether oxygens (including phenoxy) is 3. The third-order valence-corrected chi connectivity index (χ3v) is 6.74. The molecule has 0 saturated carbocycles. The van der Waals surface area contributed by atoms with Gasteiger partial charge in [0.25, 0.3) is 11.8 Å². The molecule has 9 nitrogen and oxygen atoms in total. The van der Waals surface area contributed by atoms with E-state index in [1.807, 2.05) is 32.0 Å². The molecule has 0 saturated heterocycles. The Morgan fingerprint density at radius 3 is 2.45 bits per heavy atom. The van der Waals surface area contributed by atoms with Crippen molar-refractivity contribution < 1.29 is 33.4 Å². The lowest BCUT2D eigenvalue weighted by Crippen LogP contribution is -2.32. The fourth-order valence-corrected chi connectivity index (χ4v) is 4.72. The van der Waals surface area contributed by atoms with E-state index in [4.69, 9.17) is 21.1 Å². The van der Waals surface area contributed by atoms with Gasteiger partial charge in [-0.05, 0) is 80.3 Å². The fraction of sp³-hybridized carbons (Fsp3) is 0.267. The van der Waals surface area contributed by atoms with Crippen LogP contribution in [0.5, 0.6) is 0 Å². The van der Waals surface area contributed by atoms with Gasteiger partial charge in [0.15, 0.2) is 0 Å². The molecule has 3 aromatic carbocycles. The predicted octanol–water partition coefficient (Wildman–Crippen LogP) is 6.36. The second-order valence-electron chi connectivity index (χ2n) is 9.36. The van der Waals surface area contributed by atoms with E-state index in [9.17, 15) is 19.2 Å². The van der Waals surface area contributed by atoms with E-state index in [1.54, 1.807) is 47.4 Å². The Balaban J connectivity index is 1.54. The van der Waals surface area contributed by atoms with Crippen molar-refractivity contribution in [3.63, 3.8) is 0 Å². The summed E-state index contributed by atoms with van der Waals surface area (Å²) in [5.41, 5.74) is 4.29. The number of fused-ring (bicyclic) bond motifs is 1. The van der Waals surface area contributed by atoms with E-state index in [1.165, 1.54) is 6.92 Å². The topological polar surface area (TPSA) is 111 Å². The molecule has 0 aromatic heterocycles. The molecule has 1 heterocycles.